The molecule has 0 aliphatic rings. The van der Waals surface area contributed by atoms with Crippen LogP contribution in [0.3, 0.4) is 0 Å². The predicted molar refractivity (Wildman–Crippen MR) is 75.5 cm³/mol. The highest BCUT2D eigenvalue weighted by Gasteiger charge is 2.15. The van der Waals surface area contributed by atoms with E-state index in [1.54, 1.807) is 13.4 Å². The number of ether oxygens (including phenoxy) is 1. The lowest BCUT2D eigenvalue weighted by molar-refractivity contribution is 0.412. The third-order valence-corrected chi connectivity index (χ3v) is 2.53. The van der Waals surface area contributed by atoms with E-state index in [1.807, 2.05) is 7.05 Å². The SMILES string of the molecule is CCCNc1ncnc(N(C)CC(C)C)c1OC. The van der Waals surface area contributed by atoms with E-state index >= 15 is 0 Å². The molecule has 18 heavy (non-hydrogen) atoms. The Morgan fingerprint density at radius 2 is 2.11 bits per heavy atom. The Balaban J connectivity index is 2.96. The van der Waals surface area contributed by atoms with E-state index in [9.17, 15) is 0 Å². The standard InChI is InChI=1S/C13H24N4O/c1-6-7-14-12-11(18-5)13(16-9-15-12)17(4)8-10(2)3/h9-10H,6-8H2,1-5H3,(H,14,15,16). The van der Waals surface area contributed by atoms with E-state index < -0.39 is 0 Å². The number of rotatable bonds is 7. The summed E-state index contributed by atoms with van der Waals surface area (Å²) in [7, 11) is 3.68. The molecule has 0 spiro atoms. The van der Waals surface area contributed by atoms with Gasteiger partial charge in [0.2, 0.25) is 5.75 Å². The highest BCUT2D eigenvalue weighted by molar-refractivity contribution is 5.64. The molecule has 0 radical (unpaired) electrons. The van der Waals surface area contributed by atoms with Crippen molar-refractivity contribution >= 4 is 11.6 Å². The van der Waals surface area contributed by atoms with Crippen molar-refractivity contribution in [2.45, 2.75) is 27.2 Å². The average Bonchev–Trinajstić information content (AvgIpc) is 2.34. The molecule has 0 aromatic carbocycles. The van der Waals surface area contributed by atoms with Gasteiger partial charge in [-0.15, -0.1) is 0 Å². The molecule has 1 heterocycles. The van der Waals surface area contributed by atoms with Gasteiger partial charge < -0.3 is 15.0 Å². The number of nitrogens with zero attached hydrogens (tertiary/aromatic N) is 3. The molecule has 1 aromatic heterocycles. The first-order chi connectivity index (χ1) is 8.60. The summed E-state index contributed by atoms with van der Waals surface area (Å²) in [5.41, 5.74) is 0. The summed E-state index contributed by atoms with van der Waals surface area (Å²) in [6, 6.07) is 0. The molecule has 0 aliphatic heterocycles. The smallest absolute Gasteiger partial charge is 0.204 e. The highest BCUT2D eigenvalue weighted by atomic mass is 16.5. The highest BCUT2D eigenvalue weighted by Crippen LogP contribution is 2.31. The van der Waals surface area contributed by atoms with Gasteiger partial charge >= 0.3 is 0 Å². The van der Waals surface area contributed by atoms with Crippen molar-refractivity contribution in [2.75, 3.05) is 37.5 Å². The molecule has 5 nitrogen and oxygen atoms in total. The summed E-state index contributed by atoms with van der Waals surface area (Å²) in [6.07, 6.45) is 2.62. The molecule has 1 rings (SSSR count). The maximum absolute atomic E-state index is 5.45. The summed E-state index contributed by atoms with van der Waals surface area (Å²) < 4.78 is 5.45. The molecule has 5 heteroatoms. The van der Waals surface area contributed by atoms with Crippen molar-refractivity contribution in [3.8, 4) is 5.75 Å². The molecule has 0 saturated carbocycles. The van der Waals surface area contributed by atoms with E-state index in [0.717, 1.165) is 31.1 Å². The van der Waals surface area contributed by atoms with Gasteiger partial charge in [0, 0.05) is 20.1 Å². The number of anilines is 2. The number of nitrogens with one attached hydrogen (secondary N) is 1. The molecule has 1 N–H and O–H groups in total. The molecule has 0 fully saturated rings. The van der Waals surface area contributed by atoms with Crippen LogP contribution in [0.2, 0.25) is 0 Å². The fraction of sp³-hybridized carbons (Fsp3) is 0.692. The molecular formula is C13H24N4O. The van der Waals surface area contributed by atoms with E-state index in [0.29, 0.717) is 11.7 Å². The monoisotopic (exact) mass is 252 g/mol. The van der Waals surface area contributed by atoms with E-state index in [2.05, 4.69) is 41.0 Å². The first-order valence-electron chi connectivity index (χ1n) is 6.44. The van der Waals surface area contributed by atoms with Crippen LogP contribution < -0.4 is 15.0 Å². The van der Waals surface area contributed by atoms with Crippen LogP contribution in [-0.2, 0) is 0 Å². The van der Waals surface area contributed by atoms with Crippen LogP contribution >= 0.6 is 0 Å². The van der Waals surface area contributed by atoms with Crippen LogP contribution in [0.15, 0.2) is 6.33 Å². The fourth-order valence-electron chi connectivity index (χ4n) is 1.83. The molecule has 0 aliphatic carbocycles. The normalized spacial score (nSPS) is 10.6. The zero-order chi connectivity index (χ0) is 13.5. The quantitative estimate of drug-likeness (QED) is 0.807. The zero-order valence-corrected chi connectivity index (χ0v) is 12.0. The second-order valence-corrected chi connectivity index (χ2v) is 4.78. The Hall–Kier alpha value is -1.52. The van der Waals surface area contributed by atoms with Crippen molar-refractivity contribution in [3.05, 3.63) is 6.33 Å². The van der Waals surface area contributed by atoms with Crippen molar-refractivity contribution < 1.29 is 4.74 Å². The maximum atomic E-state index is 5.45. The van der Waals surface area contributed by atoms with Gasteiger partial charge in [-0.05, 0) is 12.3 Å². The fourth-order valence-corrected chi connectivity index (χ4v) is 1.83. The molecule has 102 valence electrons. The minimum absolute atomic E-state index is 0.571. The Bertz CT molecular complexity index is 368. The average molecular weight is 252 g/mol. The maximum Gasteiger partial charge on any atom is 0.204 e. The van der Waals surface area contributed by atoms with Crippen LogP contribution in [0.5, 0.6) is 5.75 Å². The summed E-state index contributed by atoms with van der Waals surface area (Å²) in [5.74, 6) is 2.88. The molecule has 0 bridgehead atoms. The molecule has 0 amide bonds. The Morgan fingerprint density at radius 1 is 1.39 bits per heavy atom. The number of hydrogen-bond acceptors (Lipinski definition) is 5. The summed E-state index contributed by atoms with van der Waals surface area (Å²) >= 11 is 0. The van der Waals surface area contributed by atoms with Gasteiger partial charge in [0.1, 0.15) is 6.33 Å². The predicted octanol–water partition coefficient (Wildman–Crippen LogP) is 2.40. The van der Waals surface area contributed by atoms with Gasteiger partial charge in [0.25, 0.3) is 0 Å². The van der Waals surface area contributed by atoms with Gasteiger partial charge in [-0.25, -0.2) is 9.97 Å². The Labute approximate surface area is 110 Å². The third-order valence-electron chi connectivity index (χ3n) is 2.53. The largest absolute Gasteiger partial charge is 0.490 e. The minimum atomic E-state index is 0.571. The van der Waals surface area contributed by atoms with Crippen LogP contribution in [0.25, 0.3) is 0 Å². The van der Waals surface area contributed by atoms with E-state index in [4.69, 9.17) is 4.74 Å². The lowest BCUT2D eigenvalue weighted by Crippen LogP contribution is -2.24. The summed E-state index contributed by atoms with van der Waals surface area (Å²) in [5, 5.41) is 3.26. The number of aromatic nitrogens is 2. The Morgan fingerprint density at radius 3 is 2.67 bits per heavy atom. The molecule has 1 aromatic rings. The van der Waals surface area contributed by atoms with Crippen molar-refractivity contribution in [1.82, 2.24) is 9.97 Å². The van der Waals surface area contributed by atoms with Crippen LogP contribution in [-0.4, -0.2) is 37.2 Å². The van der Waals surface area contributed by atoms with Crippen LogP contribution in [0.1, 0.15) is 27.2 Å². The van der Waals surface area contributed by atoms with Crippen LogP contribution in [0.4, 0.5) is 11.6 Å². The number of methoxy groups -OCH3 is 1. The first kappa shape index (κ1) is 14.5. The third kappa shape index (κ3) is 3.75. The van der Waals surface area contributed by atoms with Crippen molar-refractivity contribution in [1.29, 1.82) is 0 Å². The summed E-state index contributed by atoms with van der Waals surface area (Å²) in [6.45, 7) is 8.29. The first-order valence-corrected chi connectivity index (χ1v) is 6.44. The van der Waals surface area contributed by atoms with Crippen molar-refractivity contribution in [2.24, 2.45) is 5.92 Å². The molecule has 0 atom stereocenters. The second kappa shape index (κ2) is 7.03. The number of hydrogen-bond donors (Lipinski definition) is 1. The molecular weight excluding hydrogens is 228 g/mol. The summed E-state index contributed by atoms with van der Waals surface area (Å²) in [4.78, 5) is 10.7. The van der Waals surface area contributed by atoms with Gasteiger partial charge in [-0.3, -0.25) is 0 Å². The molecule has 0 saturated heterocycles. The van der Waals surface area contributed by atoms with Gasteiger partial charge in [0.05, 0.1) is 7.11 Å². The lowest BCUT2D eigenvalue weighted by Gasteiger charge is -2.23. The van der Waals surface area contributed by atoms with Gasteiger partial charge in [-0.1, -0.05) is 20.8 Å². The van der Waals surface area contributed by atoms with Crippen LogP contribution in [0, 0.1) is 5.92 Å². The molecule has 0 unspecified atom stereocenters. The second-order valence-electron chi connectivity index (χ2n) is 4.78. The van der Waals surface area contributed by atoms with Gasteiger partial charge in [0.15, 0.2) is 11.6 Å². The Kier molecular flexibility index (Phi) is 5.68. The van der Waals surface area contributed by atoms with E-state index in [1.165, 1.54) is 0 Å². The van der Waals surface area contributed by atoms with Crippen molar-refractivity contribution in [3.63, 3.8) is 0 Å². The van der Waals surface area contributed by atoms with Gasteiger partial charge in [-0.2, -0.15) is 0 Å². The van der Waals surface area contributed by atoms with E-state index in [-0.39, 0.29) is 0 Å². The topological polar surface area (TPSA) is 50.3 Å². The lowest BCUT2D eigenvalue weighted by atomic mass is 10.2. The zero-order valence-electron chi connectivity index (χ0n) is 12.0. The minimum Gasteiger partial charge on any atom is -0.490 e.